The number of alkyl halides is 3. The molecule has 9 heteroatoms. The lowest BCUT2D eigenvalue weighted by atomic mass is 9.87. The van der Waals surface area contributed by atoms with E-state index in [4.69, 9.17) is 54.1 Å². The molecule has 204 valence electrons. The summed E-state index contributed by atoms with van der Waals surface area (Å²) in [6, 6.07) is 22.5. The van der Waals surface area contributed by atoms with E-state index in [1.807, 2.05) is 30.3 Å². The summed E-state index contributed by atoms with van der Waals surface area (Å²) >= 11 is 17.3. The minimum atomic E-state index is -1.67. The number of piperidine rings is 1. The van der Waals surface area contributed by atoms with E-state index in [9.17, 15) is 4.79 Å². The van der Waals surface area contributed by atoms with Crippen LogP contribution in [0.15, 0.2) is 66.7 Å². The number of aliphatic hydroxyl groups is 1. The van der Waals surface area contributed by atoms with Crippen molar-refractivity contribution in [3.8, 4) is 5.75 Å². The molecule has 0 bridgehead atoms. The molecule has 6 nitrogen and oxygen atoms in total. The standard InChI is InChI=1S/C29H32Cl3NO5/c30-29(31,32)20-38-28(35)33-13-12-26(24-8-5-9-25(17-24)36-15-4-3-14-34)27(18-33)37-19-21-10-11-22-6-1-2-7-23(22)16-21/h1-2,5-11,16-17,26-27,34H,3-4,12-15,18-20H2. The summed E-state index contributed by atoms with van der Waals surface area (Å²) in [5, 5.41) is 11.3. The number of fused-ring (bicyclic) bond motifs is 1. The maximum absolute atomic E-state index is 12.7. The van der Waals surface area contributed by atoms with Crippen LogP contribution >= 0.6 is 34.8 Å². The van der Waals surface area contributed by atoms with Crippen molar-refractivity contribution in [1.29, 1.82) is 0 Å². The van der Waals surface area contributed by atoms with Crippen molar-refractivity contribution in [2.24, 2.45) is 0 Å². The van der Waals surface area contributed by atoms with Crippen molar-refractivity contribution in [2.75, 3.05) is 32.9 Å². The molecule has 2 unspecified atom stereocenters. The number of likely N-dealkylation sites (tertiary alicyclic amines) is 1. The molecule has 1 aliphatic heterocycles. The van der Waals surface area contributed by atoms with E-state index < -0.39 is 9.89 Å². The lowest BCUT2D eigenvalue weighted by Gasteiger charge is -2.38. The lowest BCUT2D eigenvalue weighted by Crippen LogP contribution is -2.47. The molecule has 0 aliphatic carbocycles. The van der Waals surface area contributed by atoms with Crippen molar-refractivity contribution in [3.63, 3.8) is 0 Å². The summed E-state index contributed by atoms with van der Waals surface area (Å²) in [4.78, 5) is 14.3. The van der Waals surface area contributed by atoms with Crippen LogP contribution in [0.25, 0.3) is 10.8 Å². The summed E-state index contributed by atoms with van der Waals surface area (Å²) in [6.07, 6.45) is 1.36. The van der Waals surface area contributed by atoms with Crippen LogP contribution in [0.1, 0.15) is 36.3 Å². The fourth-order valence-electron chi connectivity index (χ4n) is 4.64. The van der Waals surface area contributed by atoms with Gasteiger partial charge in [-0.1, -0.05) is 83.3 Å². The number of ether oxygens (including phenoxy) is 3. The van der Waals surface area contributed by atoms with Crippen molar-refractivity contribution in [1.82, 2.24) is 4.90 Å². The van der Waals surface area contributed by atoms with Crippen molar-refractivity contribution in [2.45, 2.75) is 41.7 Å². The Bertz CT molecular complexity index is 1200. The lowest BCUT2D eigenvalue weighted by molar-refractivity contribution is -0.0236. The minimum absolute atomic E-state index is 0.0497. The van der Waals surface area contributed by atoms with Gasteiger partial charge in [0.05, 0.1) is 25.9 Å². The fourth-order valence-corrected chi connectivity index (χ4v) is 4.80. The van der Waals surface area contributed by atoms with Gasteiger partial charge in [0, 0.05) is 19.1 Å². The summed E-state index contributed by atoms with van der Waals surface area (Å²) in [6.45, 7) is 1.61. The Morgan fingerprint density at radius 1 is 1.00 bits per heavy atom. The maximum atomic E-state index is 12.7. The Hall–Kier alpha value is -2.22. The van der Waals surface area contributed by atoms with Gasteiger partial charge in [-0.2, -0.15) is 0 Å². The summed E-state index contributed by atoms with van der Waals surface area (Å²) < 4.78 is 15.9. The highest BCUT2D eigenvalue weighted by Crippen LogP contribution is 2.34. The third-order valence-electron chi connectivity index (χ3n) is 6.56. The number of hydrogen-bond acceptors (Lipinski definition) is 5. The molecule has 38 heavy (non-hydrogen) atoms. The van der Waals surface area contributed by atoms with Gasteiger partial charge < -0.3 is 24.2 Å². The van der Waals surface area contributed by atoms with E-state index in [-0.39, 0.29) is 25.2 Å². The predicted octanol–water partition coefficient (Wildman–Crippen LogP) is 6.87. The van der Waals surface area contributed by atoms with Crippen LogP contribution in [0.2, 0.25) is 0 Å². The van der Waals surface area contributed by atoms with E-state index in [2.05, 4.69) is 36.4 Å². The third-order valence-corrected chi connectivity index (χ3v) is 6.89. The Morgan fingerprint density at radius 3 is 2.61 bits per heavy atom. The van der Waals surface area contributed by atoms with Crippen LogP contribution in [-0.2, 0) is 16.1 Å². The number of amides is 1. The number of nitrogens with zero attached hydrogens (tertiary/aromatic N) is 1. The van der Waals surface area contributed by atoms with Gasteiger partial charge in [0.2, 0.25) is 3.79 Å². The molecule has 3 aromatic carbocycles. The second-order valence-electron chi connectivity index (χ2n) is 9.39. The highest BCUT2D eigenvalue weighted by molar-refractivity contribution is 6.67. The van der Waals surface area contributed by atoms with Crippen LogP contribution in [0, 0.1) is 0 Å². The monoisotopic (exact) mass is 579 g/mol. The first-order valence-corrected chi connectivity index (χ1v) is 13.9. The molecule has 4 rings (SSSR count). The van der Waals surface area contributed by atoms with Crippen molar-refractivity contribution in [3.05, 3.63) is 77.9 Å². The maximum Gasteiger partial charge on any atom is 0.409 e. The van der Waals surface area contributed by atoms with Crippen LogP contribution in [0.3, 0.4) is 0 Å². The van der Waals surface area contributed by atoms with Crippen molar-refractivity contribution >= 4 is 51.7 Å². The quantitative estimate of drug-likeness (QED) is 0.209. The Kier molecular flexibility index (Phi) is 10.4. The summed E-state index contributed by atoms with van der Waals surface area (Å²) in [7, 11) is 0. The number of halogens is 3. The molecule has 1 fully saturated rings. The normalized spacial score (nSPS) is 17.9. The first kappa shape index (κ1) is 28.8. The zero-order valence-electron chi connectivity index (χ0n) is 21.0. The minimum Gasteiger partial charge on any atom is -0.494 e. The van der Waals surface area contributed by atoms with Gasteiger partial charge in [0.15, 0.2) is 0 Å². The summed E-state index contributed by atoms with van der Waals surface area (Å²) in [5.41, 5.74) is 2.14. The Labute approximate surface area is 238 Å². The number of carbonyl (C=O) groups is 1. The van der Waals surface area contributed by atoms with Crippen LogP contribution in [0.4, 0.5) is 4.79 Å². The molecule has 3 aromatic rings. The zero-order valence-corrected chi connectivity index (χ0v) is 23.3. The SMILES string of the molecule is O=C(OCC(Cl)(Cl)Cl)N1CCC(c2cccc(OCCCCO)c2)C(OCc2ccc3ccccc3c2)C1. The van der Waals surface area contributed by atoms with Gasteiger partial charge >= 0.3 is 6.09 Å². The number of carbonyl (C=O) groups excluding carboxylic acids is 1. The van der Waals surface area contributed by atoms with Gasteiger partial charge in [-0.3, -0.25) is 0 Å². The first-order chi connectivity index (χ1) is 18.3. The molecule has 1 saturated heterocycles. The number of aliphatic hydroxyl groups excluding tert-OH is 1. The van der Waals surface area contributed by atoms with E-state index in [1.54, 1.807) is 4.90 Å². The largest absolute Gasteiger partial charge is 0.494 e. The number of hydrogen-bond donors (Lipinski definition) is 1. The number of rotatable bonds is 10. The molecule has 0 saturated carbocycles. The third kappa shape index (κ3) is 8.39. The molecule has 1 N–H and O–H groups in total. The molecule has 0 radical (unpaired) electrons. The molecular weight excluding hydrogens is 549 g/mol. The zero-order chi connectivity index (χ0) is 27.0. The smallest absolute Gasteiger partial charge is 0.409 e. The highest BCUT2D eigenvalue weighted by atomic mass is 35.6. The molecule has 1 aliphatic rings. The van der Waals surface area contributed by atoms with Crippen molar-refractivity contribution < 1.29 is 24.1 Å². The van der Waals surface area contributed by atoms with Crippen LogP contribution in [0.5, 0.6) is 5.75 Å². The fraction of sp³-hybridized carbons (Fsp3) is 0.414. The van der Waals surface area contributed by atoms with Gasteiger partial charge in [-0.25, -0.2) is 4.79 Å². The average molecular weight is 581 g/mol. The van der Waals surface area contributed by atoms with E-state index >= 15 is 0 Å². The average Bonchev–Trinajstić information content (AvgIpc) is 2.92. The molecule has 1 heterocycles. The van der Waals surface area contributed by atoms with Gasteiger partial charge in [0.25, 0.3) is 0 Å². The molecule has 0 spiro atoms. The van der Waals surface area contributed by atoms with Gasteiger partial charge in [-0.15, -0.1) is 0 Å². The Balaban J connectivity index is 1.48. The first-order valence-electron chi connectivity index (χ1n) is 12.7. The van der Waals surface area contributed by atoms with Gasteiger partial charge in [-0.05, 0) is 59.4 Å². The summed E-state index contributed by atoms with van der Waals surface area (Å²) in [5.74, 6) is 0.826. The molecule has 2 atom stereocenters. The number of benzene rings is 3. The van der Waals surface area contributed by atoms with E-state index in [0.29, 0.717) is 39.1 Å². The molecule has 1 amide bonds. The number of unbranched alkanes of at least 4 members (excludes halogenated alkanes) is 1. The van der Waals surface area contributed by atoms with Gasteiger partial charge in [0.1, 0.15) is 12.4 Å². The molecule has 0 aromatic heterocycles. The topological polar surface area (TPSA) is 68.2 Å². The van der Waals surface area contributed by atoms with E-state index in [1.165, 1.54) is 5.39 Å². The van der Waals surface area contributed by atoms with Crippen LogP contribution < -0.4 is 4.74 Å². The van der Waals surface area contributed by atoms with Crippen LogP contribution in [-0.4, -0.2) is 58.9 Å². The second-order valence-corrected chi connectivity index (χ2v) is 11.9. The molecular formula is C29H32Cl3NO5. The van der Waals surface area contributed by atoms with E-state index in [0.717, 1.165) is 28.7 Å². The predicted molar refractivity (Wildman–Crippen MR) is 151 cm³/mol. The Morgan fingerprint density at radius 2 is 1.82 bits per heavy atom. The second kappa shape index (κ2) is 13.7. The highest BCUT2D eigenvalue weighted by Gasteiger charge is 2.35.